The van der Waals surface area contributed by atoms with Crippen molar-refractivity contribution in [1.82, 2.24) is 10.2 Å². The fourth-order valence-electron chi connectivity index (χ4n) is 2.02. The lowest BCUT2D eigenvalue weighted by Gasteiger charge is -2.24. The van der Waals surface area contributed by atoms with Crippen LogP contribution in [-0.2, 0) is 11.3 Å². The van der Waals surface area contributed by atoms with Crippen molar-refractivity contribution in [2.24, 2.45) is 5.73 Å². The number of nitrogens with one attached hydrogen (secondary N) is 1. The van der Waals surface area contributed by atoms with Crippen LogP contribution in [0.3, 0.4) is 0 Å². The van der Waals surface area contributed by atoms with E-state index in [1.54, 1.807) is 0 Å². The Kier molecular flexibility index (Phi) is 14.7. The number of amides is 1. The van der Waals surface area contributed by atoms with Crippen LogP contribution in [-0.4, -0.2) is 37.0 Å². The molecular formula is C16H29Cl2N3O. The molecule has 128 valence electrons. The first kappa shape index (κ1) is 23.5. The van der Waals surface area contributed by atoms with Crippen LogP contribution in [0.15, 0.2) is 30.3 Å². The Hall–Kier alpha value is -0.810. The van der Waals surface area contributed by atoms with Gasteiger partial charge in [0.15, 0.2) is 0 Å². The van der Waals surface area contributed by atoms with E-state index in [2.05, 4.69) is 48.5 Å². The van der Waals surface area contributed by atoms with Crippen molar-refractivity contribution in [2.45, 2.75) is 38.8 Å². The molecule has 0 aliphatic rings. The molecule has 0 spiro atoms. The smallest absolute Gasteiger partial charge is 0.220 e. The molecule has 1 amide bonds. The number of carbonyl (C=O) groups is 1. The van der Waals surface area contributed by atoms with Crippen LogP contribution in [0.25, 0.3) is 0 Å². The molecule has 0 saturated heterocycles. The van der Waals surface area contributed by atoms with Crippen molar-refractivity contribution < 1.29 is 4.79 Å². The van der Waals surface area contributed by atoms with Gasteiger partial charge in [-0.15, -0.1) is 24.8 Å². The molecule has 6 heteroatoms. The molecule has 0 bridgehead atoms. The maximum atomic E-state index is 11.5. The number of halogens is 2. The lowest BCUT2D eigenvalue weighted by Crippen LogP contribution is -2.33. The molecule has 0 fully saturated rings. The maximum absolute atomic E-state index is 11.5. The van der Waals surface area contributed by atoms with Gasteiger partial charge < -0.3 is 11.1 Å². The van der Waals surface area contributed by atoms with Crippen molar-refractivity contribution in [3.63, 3.8) is 0 Å². The summed E-state index contributed by atoms with van der Waals surface area (Å²) in [6.45, 7) is 4.42. The van der Waals surface area contributed by atoms with Crippen LogP contribution in [0.2, 0.25) is 0 Å². The average Bonchev–Trinajstić information content (AvgIpc) is 2.46. The van der Waals surface area contributed by atoms with E-state index in [0.717, 1.165) is 25.9 Å². The third kappa shape index (κ3) is 10.0. The molecule has 22 heavy (non-hydrogen) atoms. The van der Waals surface area contributed by atoms with Gasteiger partial charge in [0, 0.05) is 25.6 Å². The third-order valence-electron chi connectivity index (χ3n) is 3.52. The van der Waals surface area contributed by atoms with Crippen molar-refractivity contribution in [3.8, 4) is 0 Å². The van der Waals surface area contributed by atoms with Gasteiger partial charge in [-0.25, -0.2) is 0 Å². The Morgan fingerprint density at radius 1 is 1.27 bits per heavy atom. The van der Waals surface area contributed by atoms with E-state index in [1.165, 1.54) is 5.56 Å². The highest BCUT2D eigenvalue weighted by Crippen LogP contribution is 2.07. The summed E-state index contributed by atoms with van der Waals surface area (Å²) in [4.78, 5) is 13.8. The molecule has 4 nitrogen and oxygen atoms in total. The summed E-state index contributed by atoms with van der Waals surface area (Å²) in [5.41, 5.74) is 6.69. The van der Waals surface area contributed by atoms with Gasteiger partial charge in [0.25, 0.3) is 0 Å². The Morgan fingerprint density at radius 2 is 1.91 bits per heavy atom. The van der Waals surface area contributed by atoms with E-state index in [9.17, 15) is 4.79 Å². The molecule has 1 unspecified atom stereocenters. The zero-order valence-electron chi connectivity index (χ0n) is 13.5. The van der Waals surface area contributed by atoms with Crippen molar-refractivity contribution >= 4 is 30.7 Å². The van der Waals surface area contributed by atoms with Gasteiger partial charge in [-0.3, -0.25) is 9.69 Å². The second-order valence-corrected chi connectivity index (χ2v) is 5.28. The van der Waals surface area contributed by atoms with Gasteiger partial charge in [-0.1, -0.05) is 30.3 Å². The predicted molar refractivity (Wildman–Crippen MR) is 97.8 cm³/mol. The van der Waals surface area contributed by atoms with Crippen LogP contribution in [0, 0.1) is 0 Å². The third-order valence-corrected chi connectivity index (χ3v) is 3.52. The van der Waals surface area contributed by atoms with E-state index in [0.29, 0.717) is 19.0 Å². The summed E-state index contributed by atoms with van der Waals surface area (Å²) in [6, 6.07) is 10.9. The normalized spacial score (nSPS) is 11.3. The number of nitrogens with zero attached hydrogens (tertiary/aromatic N) is 1. The molecule has 1 rings (SSSR count). The largest absolute Gasteiger partial charge is 0.356 e. The van der Waals surface area contributed by atoms with Gasteiger partial charge in [-0.05, 0) is 38.9 Å². The predicted octanol–water partition coefficient (Wildman–Crippen LogP) is 2.60. The van der Waals surface area contributed by atoms with Crippen LogP contribution in [0.4, 0.5) is 0 Å². The molecule has 1 aromatic carbocycles. The standard InChI is InChI=1S/C16H27N3O.2ClH/c1-14(10-12-18-16(20)9-6-11-17)19(2)13-15-7-4-3-5-8-15;;/h3-5,7-8,14H,6,9-13,17H2,1-2H3,(H,18,20);2*1H. The molecule has 0 aliphatic heterocycles. The SMILES string of the molecule is CC(CCNC(=O)CCCN)N(C)Cc1ccccc1.Cl.Cl. The molecular weight excluding hydrogens is 321 g/mol. The summed E-state index contributed by atoms with van der Waals surface area (Å²) < 4.78 is 0. The Bertz CT molecular complexity index is 390. The summed E-state index contributed by atoms with van der Waals surface area (Å²) in [5.74, 6) is 0.105. The molecule has 1 aromatic rings. The number of carbonyl (C=O) groups excluding carboxylic acids is 1. The van der Waals surface area contributed by atoms with Gasteiger partial charge in [0.05, 0.1) is 0 Å². The zero-order valence-corrected chi connectivity index (χ0v) is 15.1. The zero-order chi connectivity index (χ0) is 14.8. The monoisotopic (exact) mass is 349 g/mol. The van der Waals surface area contributed by atoms with E-state index in [4.69, 9.17) is 5.73 Å². The minimum absolute atomic E-state index is 0. The fraction of sp³-hybridized carbons (Fsp3) is 0.562. The lowest BCUT2D eigenvalue weighted by molar-refractivity contribution is -0.121. The highest BCUT2D eigenvalue weighted by Gasteiger charge is 2.10. The highest BCUT2D eigenvalue weighted by atomic mass is 35.5. The van der Waals surface area contributed by atoms with Crippen molar-refractivity contribution in [2.75, 3.05) is 20.1 Å². The second kappa shape index (κ2) is 13.8. The van der Waals surface area contributed by atoms with E-state index < -0.39 is 0 Å². The van der Waals surface area contributed by atoms with Crippen LogP contribution >= 0.6 is 24.8 Å². The number of rotatable bonds is 9. The summed E-state index contributed by atoms with van der Waals surface area (Å²) in [5, 5.41) is 2.95. The van der Waals surface area contributed by atoms with Crippen molar-refractivity contribution in [1.29, 1.82) is 0 Å². The summed E-state index contributed by atoms with van der Waals surface area (Å²) in [7, 11) is 2.12. The number of nitrogens with two attached hydrogens (primary N) is 1. The molecule has 0 aromatic heterocycles. The summed E-state index contributed by atoms with van der Waals surface area (Å²) >= 11 is 0. The van der Waals surface area contributed by atoms with Gasteiger partial charge >= 0.3 is 0 Å². The topological polar surface area (TPSA) is 58.4 Å². The van der Waals surface area contributed by atoms with Crippen molar-refractivity contribution in [3.05, 3.63) is 35.9 Å². The van der Waals surface area contributed by atoms with E-state index in [1.807, 2.05) is 6.07 Å². The fourth-order valence-corrected chi connectivity index (χ4v) is 2.02. The molecule has 0 saturated carbocycles. The highest BCUT2D eigenvalue weighted by molar-refractivity contribution is 5.85. The Morgan fingerprint density at radius 3 is 2.50 bits per heavy atom. The van der Waals surface area contributed by atoms with E-state index in [-0.39, 0.29) is 30.7 Å². The molecule has 1 atom stereocenters. The number of hydrogen-bond acceptors (Lipinski definition) is 3. The minimum atomic E-state index is 0. The van der Waals surface area contributed by atoms with E-state index >= 15 is 0 Å². The second-order valence-electron chi connectivity index (χ2n) is 5.28. The number of benzene rings is 1. The van der Waals surface area contributed by atoms with Gasteiger partial charge in [-0.2, -0.15) is 0 Å². The van der Waals surface area contributed by atoms with Gasteiger partial charge in [0.2, 0.25) is 5.91 Å². The minimum Gasteiger partial charge on any atom is -0.356 e. The Labute approximate surface area is 146 Å². The quantitative estimate of drug-likeness (QED) is 0.720. The van der Waals surface area contributed by atoms with Gasteiger partial charge in [0.1, 0.15) is 0 Å². The first-order valence-corrected chi connectivity index (χ1v) is 7.34. The number of hydrogen-bond donors (Lipinski definition) is 2. The van der Waals surface area contributed by atoms with Crippen LogP contribution in [0.1, 0.15) is 31.7 Å². The first-order chi connectivity index (χ1) is 9.63. The lowest BCUT2D eigenvalue weighted by atomic mass is 10.1. The molecule has 0 radical (unpaired) electrons. The summed E-state index contributed by atoms with van der Waals surface area (Å²) in [6.07, 6.45) is 2.25. The molecule has 0 heterocycles. The Balaban J connectivity index is 0. The average molecular weight is 350 g/mol. The van der Waals surface area contributed by atoms with Crippen LogP contribution in [0.5, 0.6) is 0 Å². The maximum Gasteiger partial charge on any atom is 0.220 e. The molecule has 3 N–H and O–H groups in total. The molecule has 0 aliphatic carbocycles. The van der Waals surface area contributed by atoms with Crippen LogP contribution < -0.4 is 11.1 Å². The first-order valence-electron chi connectivity index (χ1n) is 7.34.